The number of pyridine rings is 1. The van der Waals surface area contributed by atoms with Crippen molar-refractivity contribution < 1.29 is 4.79 Å². The first-order chi connectivity index (χ1) is 12.2. The molecule has 1 unspecified atom stereocenters. The van der Waals surface area contributed by atoms with E-state index >= 15 is 0 Å². The Morgan fingerprint density at radius 1 is 1.44 bits per heavy atom. The molecule has 0 radical (unpaired) electrons. The van der Waals surface area contributed by atoms with Gasteiger partial charge in [-0.15, -0.1) is 6.42 Å². The molecule has 7 heteroatoms. The van der Waals surface area contributed by atoms with Gasteiger partial charge in [-0.25, -0.2) is 4.98 Å². The molecular weight excluding hydrogens is 316 g/mol. The molecule has 0 saturated carbocycles. The first-order valence-electron chi connectivity index (χ1n) is 8.33. The molecule has 3 heterocycles. The van der Waals surface area contributed by atoms with E-state index in [0.29, 0.717) is 11.6 Å². The second-order valence-corrected chi connectivity index (χ2v) is 6.12. The second-order valence-electron chi connectivity index (χ2n) is 6.12. The summed E-state index contributed by atoms with van der Waals surface area (Å²) < 4.78 is 1.82. The van der Waals surface area contributed by atoms with Crippen LogP contribution in [0.25, 0.3) is 0 Å². The van der Waals surface area contributed by atoms with Crippen LogP contribution in [-0.2, 0) is 7.05 Å². The number of aromatic nitrogens is 3. The predicted octanol–water partition coefficient (Wildman–Crippen LogP) is 1.26. The number of piperidine rings is 1. The van der Waals surface area contributed by atoms with Crippen LogP contribution in [0.3, 0.4) is 0 Å². The summed E-state index contributed by atoms with van der Waals surface area (Å²) in [5.74, 6) is 2.94. The Morgan fingerprint density at radius 3 is 3.00 bits per heavy atom. The van der Waals surface area contributed by atoms with E-state index in [1.54, 1.807) is 12.3 Å². The minimum absolute atomic E-state index is 0.211. The van der Waals surface area contributed by atoms with Crippen molar-refractivity contribution in [3.8, 4) is 12.3 Å². The molecule has 1 amide bonds. The first kappa shape index (κ1) is 16.8. The standard InChI is InChI=1S/C18H22N6O/c1-3-8-19-18(25)14-6-7-17(20-10-14)22-15-5-4-9-24(12-15)16-11-21-23(2)13-16/h1,6-7,10-11,13,15H,4-5,8-9,12H2,2H3,(H,19,25)(H,20,22). The van der Waals surface area contributed by atoms with Gasteiger partial charge in [0.25, 0.3) is 5.91 Å². The summed E-state index contributed by atoms with van der Waals surface area (Å²) in [6.45, 7) is 2.15. The van der Waals surface area contributed by atoms with Gasteiger partial charge in [0.05, 0.1) is 24.0 Å². The molecule has 130 valence electrons. The van der Waals surface area contributed by atoms with Crippen LogP contribution < -0.4 is 15.5 Å². The summed E-state index contributed by atoms with van der Waals surface area (Å²) in [7, 11) is 1.92. The average molecular weight is 338 g/mol. The zero-order valence-corrected chi connectivity index (χ0v) is 14.3. The smallest absolute Gasteiger partial charge is 0.253 e. The fourth-order valence-corrected chi connectivity index (χ4v) is 2.96. The molecule has 1 fully saturated rings. The van der Waals surface area contributed by atoms with E-state index in [1.807, 2.05) is 30.2 Å². The van der Waals surface area contributed by atoms with Gasteiger partial charge >= 0.3 is 0 Å². The van der Waals surface area contributed by atoms with Gasteiger partial charge in [0.1, 0.15) is 5.82 Å². The number of carbonyl (C=O) groups is 1. The molecule has 2 N–H and O–H groups in total. The summed E-state index contributed by atoms with van der Waals surface area (Å²) >= 11 is 0. The van der Waals surface area contributed by atoms with Gasteiger partial charge in [0.15, 0.2) is 0 Å². The van der Waals surface area contributed by atoms with Crippen LogP contribution in [0.5, 0.6) is 0 Å². The Labute approximate surface area is 147 Å². The highest BCUT2D eigenvalue weighted by molar-refractivity contribution is 5.94. The van der Waals surface area contributed by atoms with Gasteiger partial charge in [-0.05, 0) is 25.0 Å². The van der Waals surface area contributed by atoms with Crippen LogP contribution in [0.15, 0.2) is 30.7 Å². The quantitative estimate of drug-likeness (QED) is 0.803. The largest absolute Gasteiger partial charge is 0.367 e. The minimum Gasteiger partial charge on any atom is -0.367 e. The zero-order chi connectivity index (χ0) is 17.6. The van der Waals surface area contributed by atoms with Crippen molar-refractivity contribution in [2.75, 3.05) is 29.9 Å². The number of carbonyl (C=O) groups excluding carboxylic acids is 1. The normalized spacial score (nSPS) is 17.0. The predicted molar refractivity (Wildman–Crippen MR) is 97.5 cm³/mol. The summed E-state index contributed by atoms with van der Waals surface area (Å²) in [4.78, 5) is 18.5. The molecule has 2 aromatic heterocycles. The number of nitrogens with zero attached hydrogens (tertiary/aromatic N) is 4. The number of rotatable bonds is 5. The topological polar surface area (TPSA) is 75.1 Å². The number of hydrogen-bond donors (Lipinski definition) is 2. The van der Waals surface area contributed by atoms with Crippen molar-refractivity contribution >= 4 is 17.4 Å². The average Bonchev–Trinajstić information content (AvgIpc) is 3.07. The Hall–Kier alpha value is -3.01. The molecule has 1 atom stereocenters. The Bertz CT molecular complexity index is 761. The van der Waals surface area contributed by atoms with E-state index in [4.69, 9.17) is 6.42 Å². The fourth-order valence-electron chi connectivity index (χ4n) is 2.96. The maximum Gasteiger partial charge on any atom is 0.253 e. The van der Waals surface area contributed by atoms with Gasteiger partial charge in [0.2, 0.25) is 0 Å². The lowest BCUT2D eigenvalue weighted by atomic mass is 10.1. The van der Waals surface area contributed by atoms with Crippen molar-refractivity contribution in [2.24, 2.45) is 7.05 Å². The van der Waals surface area contributed by atoms with Crippen LogP contribution in [0, 0.1) is 12.3 Å². The molecule has 0 spiro atoms. The first-order valence-corrected chi connectivity index (χ1v) is 8.33. The van der Waals surface area contributed by atoms with Crippen LogP contribution in [0.1, 0.15) is 23.2 Å². The third-order valence-corrected chi connectivity index (χ3v) is 4.21. The number of hydrogen-bond acceptors (Lipinski definition) is 5. The van der Waals surface area contributed by atoms with E-state index in [2.05, 4.69) is 31.5 Å². The lowest BCUT2D eigenvalue weighted by Crippen LogP contribution is -2.42. The van der Waals surface area contributed by atoms with Gasteiger partial charge in [-0.2, -0.15) is 5.10 Å². The van der Waals surface area contributed by atoms with E-state index in [1.165, 1.54) is 0 Å². The fraction of sp³-hybridized carbons (Fsp3) is 0.389. The summed E-state index contributed by atoms with van der Waals surface area (Å²) in [6, 6.07) is 3.89. The van der Waals surface area contributed by atoms with Crippen LogP contribution in [-0.4, -0.2) is 46.3 Å². The minimum atomic E-state index is -0.211. The highest BCUT2D eigenvalue weighted by Crippen LogP contribution is 2.21. The number of amides is 1. The van der Waals surface area contributed by atoms with Crippen molar-refractivity contribution in [1.82, 2.24) is 20.1 Å². The molecule has 1 aliphatic rings. The molecular formula is C18H22N6O. The zero-order valence-electron chi connectivity index (χ0n) is 14.3. The molecule has 0 bridgehead atoms. The summed E-state index contributed by atoms with van der Waals surface area (Å²) in [5, 5.41) is 10.3. The van der Waals surface area contributed by atoms with Gasteiger partial charge in [0, 0.05) is 38.6 Å². The Morgan fingerprint density at radius 2 is 2.32 bits per heavy atom. The van der Waals surface area contributed by atoms with Gasteiger partial charge < -0.3 is 15.5 Å². The lowest BCUT2D eigenvalue weighted by Gasteiger charge is -2.34. The maximum absolute atomic E-state index is 11.8. The number of anilines is 2. The molecule has 1 saturated heterocycles. The van der Waals surface area contributed by atoms with Gasteiger partial charge in [-0.1, -0.05) is 5.92 Å². The van der Waals surface area contributed by atoms with Crippen LogP contribution in [0.4, 0.5) is 11.5 Å². The molecule has 25 heavy (non-hydrogen) atoms. The third-order valence-electron chi connectivity index (χ3n) is 4.21. The second kappa shape index (κ2) is 7.71. The molecule has 7 nitrogen and oxygen atoms in total. The van der Waals surface area contributed by atoms with Crippen LogP contribution >= 0.6 is 0 Å². The SMILES string of the molecule is C#CCNC(=O)c1ccc(NC2CCCN(c3cnn(C)c3)C2)nc1. The van der Waals surface area contributed by atoms with Crippen molar-refractivity contribution in [1.29, 1.82) is 0 Å². The van der Waals surface area contributed by atoms with Crippen molar-refractivity contribution in [3.63, 3.8) is 0 Å². The summed E-state index contributed by atoms with van der Waals surface area (Å²) in [5.41, 5.74) is 1.64. The molecule has 2 aromatic rings. The van der Waals surface area contributed by atoms with E-state index in [-0.39, 0.29) is 12.5 Å². The monoisotopic (exact) mass is 338 g/mol. The number of aryl methyl sites for hydroxylation is 1. The lowest BCUT2D eigenvalue weighted by molar-refractivity contribution is 0.0958. The van der Waals surface area contributed by atoms with E-state index < -0.39 is 0 Å². The van der Waals surface area contributed by atoms with Crippen molar-refractivity contribution in [3.05, 3.63) is 36.3 Å². The molecule has 0 aliphatic carbocycles. The van der Waals surface area contributed by atoms with Gasteiger partial charge in [-0.3, -0.25) is 9.48 Å². The van der Waals surface area contributed by atoms with E-state index in [0.717, 1.165) is 37.4 Å². The highest BCUT2D eigenvalue weighted by Gasteiger charge is 2.21. The molecule has 0 aromatic carbocycles. The van der Waals surface area contributed by atoms with E-state index in [9.17, 15) is 4.79 Å². The van der Waals surface area contributed by atoms with Crippen molar-refractivity contribution in [2.45, 2.75) is 18.9 Å². The number of nitrogens with one attached hydrogen (secondary N) is 2. The third kappa shape index (κ3) is 4.29. The highest BCUT2D eigenvalue weighted by atomic mass is 16.1. The maximum atomic E-state index is 11.8. The Balaban J connectivity index is 1.58. The number of terminal acetylenes is 1. The molecule has 1 aliphatic heterocycles. The Kier molecular flexibility index (Phi) is 5.19. The van der Waals surface area contributed by atoms with Crippen LogP contribution in [0.2, 0.25) is 0 Å². The molecule has 3 rings (SSSR count). The summed E-state index contributed by atoms with van der Waals surface area (Å²) in [6.07, 6.45) is 12.8.